The minimum absolute atomic E-state index is 0.0136. The maximum atomic E-state index is 14.4. The van der Waals surface area contributed by atoms with Crippen LogP contribution in [0.5, 0.6) is 0 Å². The van der Waals surface area contributed by atoms with Gasteiger partial charge in [0.15, 0.2) is 15.0 Å². The number of halogens is 1. The lowest BCUT2D eigenvalue weighted by atomic mass is 10.1. The molecule has 2 aliphatic heterocycles. The average molecular weight is 421 g/mol. The van der Waals surface area contributed by atoms with E-state index >= 15 is 0 Å². The molecule has 2 atom stereocenters. The summed E-state index contributed by atoms with van der Waals surface area (Å²) in [7, 11) is -3.21. The van der Waals surface area contributed by atoms with Gasteiger partial charge in [-0.3, -0.25) is 15.1 Å². The first-order chi connectivity index (χ1) is 13.3. The highest BCUT2D eigenvalue weighted by molar-refractivity contribution is 8.13. The molecule has 0 N–H and O–H groups in total. The molecule has 10 heteroatoms. The van der Waals surface area contributed by atoms with Gasteiger partial charge in [0.05, 0.1) is 34.2 Å². The van der Waals surface area contributed by atoms with Gasteiger partial charge < -0.3 is 4.90 Å². The van der Waals surface area contributed by atoms with E-state index in [0.717, 1.165) is 5.56 Å². The first kappa shape index (κ1) is 18.9. The summed E-state index contributed by atoms with van der Waals surface area (Å²) in [5.41, 5.74) is 1.18. The molecule has 2 heterocycles. The molecule has 1 saturated heterocycles. The molecule has 2 aromatic carbocycles. The van der Waals surface area contributed by atoms with E-state index in [9.17, 15) is 22.9 Å². The normalized spacial score (nSPS) is 22.8. The lowest BCUT2D eigenvalue weighted by Crippen LogP contribution is -2.39. The zero-order valence-electron chi connectivity index (χ0n) is 14.6. The molecule has 0 amide bonds. The van der Waals surface area contributed by atoms with E-state index in [-0.39, 0.29) is 17.2 Å². The molecule has 1 fully saturated rings. The zero-order chi connectivity index (χ0) is 19.9. The summed E-state index contributed by atoms with van der Waals surface area (Å²) in [4.78, 5) is 16.5. The van der Waals surface area contributed by atoms with Crippen LogP contribution in [0.4, 0.5) is 15.8 Å². The Kier molecular flexibility index (Phi) is 4.84. The Hall–Kier alpha value is -2.46. The highest BCUT2D eigenvalue weighted by Crippen LogP contribution is 2.37. The van der Waals surface area contributed by atoms with Gasteiger partial charge in [-0.15, -0.1) is 0 Å². The van der Waals surface area contributed by atoms with Crippen molar-refractivity contribution in [2.45, 2.75) is 17.8 Å². The zero-order valence-corrected chi connectivity index (χ0v) is 16.2. The second kappa shape index (κ2) is 7.17. The number of nitro groups is 1. The third-order valence-corrected chi connectivity index (χ3v) is 7.47. The van der Waals surface area contributed by atoms with Gasteiger partial charge in [0.1, 0.15) is 5.82 Å². The number of rotatable bonds is 4. The number of aliphatic imine (C=N–C) groups is 1. The predicted molar refractivity (Wildman–Crippen MR) is 107 cm³/mol. The summed E-state index contributed by atoms with van der Waals surface area (Å²) in [6, 6.07) is 11.6. The summed E-state index contributed by atoms with van der Waals surface area (Å²) >= 11 is 1.36. The van der Waals surface area contributed by atoms with E-state index in [1.165, 1.54) is 30.0 Å². The Morgan fingerprint density at radius 2 is 1.89 bits per heavy atom. The lowest BCUT2D eigenvalue weighted by molar-refractivity contribution is -0.384. The van der Waals surface area contributed by atoms with E-state index < -0.39 is 32.7 Å². The highest BCUT2D eigenvalue weighted by Gasteiger charge is 2.47. The van der Waals surface area contributed by atoms with Crippen LogP contribution in [-0.4, -0.2) is 42.1 Å². The summed E-state index contributed by atoms with van der Waals surface area (Å²) in [6.45, 7) is 0. The van der Waals surface area contributed by atoms with Crippen molar-refractivity contribution in [2.75, 3.05) is 16.4 Å². The van der Waals surface area contributed by atoms with Crippen LogP contribution < -0.4 is 4.90 Å². The van der Waals surface area contributed by atoms with Crippen LogP contribution >= 0.6 is 11.8 Å². The van der Waals surface area contributed by atoms with Gasteiger partial charge in [0.2, 0.25) is 0 Å². The molecule has 146 valence electrons. The van der Waals surface area contributed by atoms with Crippen LogP contribution in [0, 0.1) is 15.9 Å². The average Bonchev–Trinajstić information content (AvgIpc) is 3.12. The van der Waals surface area contributed by atoms with E-state index in [0.29, 0.717) is 16.6 Å². The summed E-state index contributed by atoms with van der Waals surface area (Å²) in [5.74, 6) is -0.0500. The largest absolute Gasteiger partial charge is 0.312 e. The Bertz CT molecular complexity index is 1060. The van der Waals surface area contributed by atoms with Gasteiger partial charge in [0, 0.05) is 17.9 Å². The standard InChI is InChI=1S/C18H16FN3O4S2/c19-14-3-1-2-4-16(14)21-17-11-28(25,26)10-15(17)20-18(21)27-9-12-5-7-13(8-6-12)22(23)24/h1-8,15,17H,9-11H2/t15-,17-/m0/s1. The molecular weight excluding hydrogens is 405 g/mol. The molecular formula is C18H16FN3O4S2. The number of hydrogen-bond acceptors (Lipinski definition) is 7. The topological polar surface area (TPSA) is 92.9 Å². The molecule has 0 saturated carbocycles. The number of para-hydroxylation sites is 1. The van der Waals surface area contributed by atoms with Gasteiger partial charge in [-0.1, -0.05) is 36.0 Å². The van der Waals surface area contributed by atoms with E-state index in [1.54, 1.807) is 35.2 Å². The maximum Gasteiger partial charge on any atom is 0.269 e. The van der Waals surface area contributed by atoms with Crippen LogP contribution in [0.3, 0.4) is 0 Å². The Morgan fingerprint density at radius 1 is 1.18 bits per heavy atom. The smallest absolute Gasteiger partial charge is 0.269 e. The minimum Gasteiger partial charge on any atom is -0.312 e. The fraction of sp³-hybridized carbons (Fsp3) is 0.278. The Morgan fingerprint density at radius 3 is 2.57 bits per heavy atom. The van der Waals surface area contributed by atoms with Crippen molar-refractivity contribution in [1.29, 1.82) is 0 Å². The number of fused-ring (bicyclic) bond motifs is 1. The first-order valence-electron chi connectivity index (χ1n) is 8.52. The van der Waals surface area contributed by atoms with Crippen LogP contribution in [0.2, 0.25) is 0 Å². The lowest BCUT2D eigenvalue weighted by Gasteiger charge is -2.26. The molecule has 4 rings (SSSR count). The molecule has 0 aliphatic carbocycles. The molecule has 7 nitrogen and oxygen atoms in total. The molecule has 0 aromatic heterocycles. The number of nitro benzene ring substituents is 1. The van der Waals surface area contributed by atoms with Crippen LogP contribution in [0.25, 0.3) is 0 Å². The van der Waals surface area contributed by atoms with Crippen molar-refractivity contribution in [3.8, 4) is 0 Å². The second-order valence-electron chi connectivity index (χ2n) is 6.66. The molecule has 0 unspecified atom stereocenters. The monoisotopic (exact) mass is 421 g/mol. The summed E-state index contributed by atoms with van der Waals surface area (Å²) < 4.78 is 38.5. The molecule has 0 radical (unpaired) electrons. The molecule has 0 spiro atoms. The SMILES string of the molecule is O=[N+]([O-])c1ccc(CSC2=N[C@H]3CS(=O)(=O)C[C@@H]3N2c2ccccc2F)cc1. The third-order valence-electron chi connectivity index (χ3n) is 4.73. The quantitative estimate of drug-likeness (QED) is 0.557. The molecule has 28 heavy (non-hydrogen) atoms. The fourth-order valence-electron chi connectivity index (χ4n) is 3.42. The number of hydrogen-bond donors (Lipinski definition) is 0. The van der Waals surface area contributed by atoms with Crippen molar-refractivity contribution in [2.24, 2.45) is 4.99 Å². The predicted octanol–water partition coefficient (Wildman–Crippen LogP) is 3.01. The van der Waals surface area contributed by atoms with Gasteiger partial charge in [-0.2, -0.15) is 0 Å². The first-order valence-corrected chi connectivity index (χ1v) is 11.3. The van der Waals surface area contributed by atoms with Gasteiger partial charge >= 0.3 is 0 Å². The molecule has 2 aliphatic rings. The fourth-order valence-corrected chi connectivity index (χ4v) is 6.34. The van der Waals surface area contributed by atoms with Crippen LogP contribution in [-0.2, 0) is 15.6 Å². The second-order valence-corrected chi connectivity index (χ2v) is 9.75. The van der Waals surface area contributed by atoms with Crippen molar-refractivity contribution in [3.05, 3.63) is 70.0 Å². The van der Waals surface area contributed by atoms with Gasteiger partial charge in [0.25, 0.3) is 5.69 Å². The van der Waals surface area contributed by atoms with E-state index in [1.807, 2.05) is 0 Å². The number of nitrogens with zero attached hydrogens (tertiary/aromatic N) is 3. The van der Waals surface area contributed by atoms with E-state index in [4.69, 9.17) is 0 Å². The van der Waals surface area contributed by atoms with Crippen molar-refractivity contribution < 1.29 is 17.7 Å². The number of amidine groups is 1. The summed E-state index contributed by atoms with van der Waals surface area (Å²) in [6.07, 6.45) is 0. The maximum absolute atomic E-state index is 14.4. The third kappa shape index (κ3) is 3.61. The Labute approximate surface area is 165 Å². The molecule has 0 bridgehead atoms. The van der Waals surface area contributed by atoms with Crippen LogP contribution in [0.15, 0.2) is 53.5 Å². The van der Waals surface area contributed by atoms with E-state index in [2.05, 4.69) is 4.99 Å². The van der Waals surface area contributed by atoms with Crippen molar-refractivity contribution >= 4 is 38.1 Å². The molecule has 2 aromatic rings. The Balaban J connectivity index is 1.59. The number of non-ortho nitro benzene ring substituents is 1. The summed E-state index contributed by atoms with van der Waals surface area (Å²) in [5, 5.41) is 11.3. The number of anilines is 1. The van der Waals surface area contributed by atoms with Gasteiger partial charge in [-0.05, 0) is 17.7 Å². The number of sulfone groups is 1. The van der Waals surface area contributed by atoms with Crippen molar-refractivity contribution in [1.82, 2.24) is 0 Å². The van der Waals surface area contributed by atoms with Crippen molar-refractivity contribution in [3.63, 3.8) is 0 Å². The number of benzene rings is 2. The minimum atomic E-state index is -3.21. The number of thioether (sulfide) groups is 1. The van der Waals surface area contributed by atoms with Crippen LogP contribution in [0.1, 0.15) is 5.56 Å². The van der Waals surface area contributed by atoms with Gasteiger partial charge in [-0.25, -0.2) is 12.8 Å². The highest BCUT2D eigenvalue weighted by atomic mass is 32.2.